The third-order valence-electron chi connectivity index (χ3n) is 5.66. The maximum absolute atomic E-state index is 3.68. The van der Waals surface area contributed by atoms with Gasteiger partial charge in [0.15, 0.2) is 0 Å². The zero-order chi connectivity index (χ0) is 12.4. The Balaban J connectivity index is 1.60. The van der Waals surface area contributed by atoms with E-state index in [4.69, 9.17) is 0 Å². The third-order valence-corrected chi connectivity index (χ3v) is 5.66. The molecular formula is C16H30N2. The Morgan fingerprint density at radius 2 is 1.89 bits per heavy atom. The summed E-state index contributed by atoms with van der Waals surface area (Å²) in [5.41, 5.74) is 0. The summed E-state index contributed by atoms with van der Waals surface area (Å²) < 4.78 is 0. The molecule has 0 aromatic carbocycles. The second-order valence-corrected chi connectivity index (χ2v) is 6.71. The number of hydrogen-bond donors (Lipinski definition) is 1. The average Bonchev–Trinajstić information content (AvgIpc) is 2.83. The molecular weight excluding hydrogens is 220 g/mol. The molecule has 104 valence electrons. The van der Waals surface area contributed by atoms with Crippen LogP contribution in [0.3, 0.4) is 0 Å². The highest BCUT2D eigenvalue weighted by molar-refractivity contribution is 4.95. The van der Waals surface area contributed by atoms with E-state index in [1.807, 2.05) is 0 Å². The van der Waals surface area contributed by atoms with Gasteiger partial charge >= 0.3 is 0 Å². The highest BCUT2D eigenvalue weighted by Gasteiger charge is 2.40. The second kappa shape index (κ2) is 5.92. The van der Waals surface area contributed by atoms with E-state index < -0.39 is 0 Å². The van der Waals surface area contributed by atoms with Crippen LogP contribution in [0.4, 0.5) is 0 Å². The van der Waals surface area contributed by atoms with Gasteiger partial charge in [0.1, 0.15) is 0 Å². The summed E-state index contributed by atoms with van der Waals surface area (Å²) in [5.74, 6) is 1.05. The van der Waals surface area contributed by atoms with Crippen molar-refractivity contribution in [3.05, 3.63) is 0 Å². The van der Waals surface area contributed by atoms with E-state index in [1.54, 1.807) is 0 Å². The molecule has 0 amide bonds. The Morgan fingerprint density at radius 1 is 1.00 bits per heavy atom. The van der Waals surface area contributed by atoms with E-state index in [0.717, 1.165) is 30.6 Å². The van der Waals surface area contributed by atoms with Crippen molar-refractivity contribution in [1.29, 1.82) is 0 Å². The van der Waals surface area contributed by atoms with Crippen LogP contribution < -0.4 is 5.32 Å². The minimum atomic E-state index is 0.802. The number of hydrogen-bond acceptors (Lipinski definition) is 2. The summed E-state index contributed by atoms with van der Waals surface area (Å²) >= 11 is 0. The summed E-state index contributed by atoms with van der Waals surface area (Å²) in [6.07, 6.45) is 13.2. The van der Waals surface area contributed by atoms with Crippen LogP contribution in [0.2, 0.25) is 0 Å². The molecule has 0 aromatic rings. The summed E-state index contributed by atoms with van der Waals surface area (Å²) in [6.45, 7) is 4.79. The lowest BCUT2D eigenvalue weighted by Crippen LogP contribution is -2.47. The van der Waals surface area contributed by atoms with Gasteiger partial charge in [0.2, 0.25) is 0 Å². The molecule has 3 rings (SSSR count). The first-order valence-corrected chi connectivity index (χ1v) is 8.37. The van der Waals surface area contributed by atoms with Crippen LogP contribution in [0.15, 0.2) is 0 Å². The maximum Gasteiger partial charge on any atom is 0.0127 e. The lowest BCUT2D eigenvalue weighted by atomic mass is 9.83. The lowest BCUT2D eigenvalue weighted by molar-refractivity contribution is 0.0966. The van der Waals surface area contributed by atoms with Crippen LogP contribution in [-0.4, -0.2) is 36.1 Å². The van der Waals surface area contributed by atoms with E-state index in [9.17, 15) is 0 Å². The summed E-state index contributed by atoms with van der Waals surface area (Å²) in [5, 5.41) is 3.68. The highest BCUT2D eigenvalue weighted by Crippen LogP contribution is 2.39. The van der Waals surface area contributed by atoms with E-state index in [-0.39, 0.29) is 0 Å². The predicted octanol–water partition coefficient (Wildman–Crippen LogP) is 3.17. The van der Waals surface area contributed by atoms with Crippen LogP contribution in [0.25, 0.3) is 0 Å². The first-order chi connectivity index (χ1) is 8.88. The van der Waals surface area contributed by atoms with Crippen molar-refractivity contribution in [1.82, 2.24) is 10.2 Å². The molecule has 2 nitrogen and oxygen atoms in total. The van der Waals surface area contributed by atoms with Crippen molar-refractivity contribution in [3.8, 4) is 0 Å². The monoisotopic (exact) mass is 250 g/mol. The Hall–Kier alpha value is -0.0800. The van der Waals surface area contributed by atoms with E-state index in [2.05, 4.69) is 17.1 Å². The van der Waals surface area contributed by atoms with Gasteiger partial charge in [-0.3, -0.25) is 4.90 Å². The number of fused-ring (bicyclic) bond motifs is 1. The molecule has 1 aliphatic heterocycles. The fourth-order valence-corrected chi connectivity index (χ4v) is 4.83. The van der Waals surface area contributed by atoms with Crippen molar-refractivity contribution < 1.29 is 0 Å². The molecule has 3 aliphatic rings. The van der Waals surface area contributed by atoms with Gasteiger partial charge in [0, 0.05) is 18.1 Å². The van der Waals surface area contributed by atoms with Crippen LogP contribution >= 0.6 is 0 Å². The molecule has 0 aromatic heterocycles. The van der Waals surface area contributed by atoms with Gasteiger partial charge in [-0.05, 0) is 57.5 Å². The Bertz CT molecular complexity index is 264. The number of likely N-dealkylation sites (tertiary alicyclic amines) is 1. The molecule has 0 bridgehead atoms. The average molecular weight is 250 g/mol. The van der Waals surface area contributed by atoms with Crippen molar-refractivity contribution in [2.75, 3.05) is 13.1 Å². The quantitative estimate of drug-likeness (QED) is 0.827. The molecule has 2 heteroatoms. The number of nitrogens with zero attached hydrogens (tertiary/aromatic N) is 1. The van der Waals surface area contributed by atoms with E-state index in [0.29, 0.717) is 0 Å². The molecule has 3 fully saturated rings. The zero-order valence-electron chi connectivity index (χ0n) is 12.0. The van der Waals surface area contributed by atoms with Crippen LogP contribution in [-0.2, 0) is 0 Å². The largest absolute Gasteiger partial charge is 0.314 e. The van der Waals surface area contributed by atoms with Gasteiger partial charge in [0.05, 0.1) is 0 Å². The molecule has 2 aliphatic carbocycles. The lowest BCUT2D eigenvalue weighted by Gasteiger charge is -2.41. The first kappa shape index (κ1) is 12.9. The molecule has 0 radical (unpaired) electrons. The maximum atomic E-state index is 3.68. The topological polar surface area (TPSA) is 15.3 Å². The Labute approximate surface area is 113 Å². The van der Waals surface area contributed by atoms with Crippen molar-refractivity contribution >= 4 is 0 Å². The molecule has 4 atom stereocenters. The van der Waals surface area contributed by atoms with Gasteiger partial charge in [-0.1, -0.05) is 26.2 Å². The Morgan fingerprint density at radius 3 is 2.78 bits per heavy atom. The third kappa shape index (κ3) is 2.60. The van der Waals surface area contributed by atoms with Crippen molar-refractivity contribution in [2.24, 2.45) is 5.92 Å². The fraction of sp³-hybridized carbons (Fsp3) is 1.00. The van der Waals surface area contributed by atoms with Crippen LogP contribution in [0.1, 0.15) is 64.7 Å². The molecule has 2 saturated carbocycles. The summed E-state index contributed by atoms with van der Waals surface area (Å²) in [4.78, 5) is 2.92. The standard InChI is InChI=1S/C16H30N2/c1-2-17-14-7-5-8-15(12-14)18-11-10-13-6-3-4-9-16(13)18/h13-17H,2-12H2,1H3. The van der Waals surface area contributed by atoms with E-state index in [1.165, 1.54) is 64.3 Å². The van der Waals surface area contributed by atoms with Gasteiger partial charge < -0.3 is 5.32 Å². The molecule has 1 saturated heterocycles. The van der Waals surface area contributed by atoms with Crippen LogP contribution in [0, 0.1) is 5.92 Å². The molecule has 1 N–H and O–H groups in total. The number of nitrogens with one attached hydrogen (secondary N) is 1. The summed E-state index contributed by atoms with van der Waals surface area (Å²) in [7, 11) is 0. The zero-order valence-corrected chi connectivity index (χ0v) is 12.0. The van der Waals surface area contributed by atoms with E-state index >= 15 is 0 Å². The van der Waals surface area contributed by atoms with Gasteiger partial charge in [-0.15, -0.1) is 0 Å². The molecule has 0 spiro atoms. The smallest absolute Gasteiger partial charge is 0.0127 e. The molecule has 18 heavy (non-hydrogen) atoms. The minimum Gasteiger partial charge on any atom is -0.314 e. The minimum absolute atomic E-state index is 0.802. The second-order valence-electron chi connectivity index (χ2n) is 6.71. The number of rotatable bonds is 3. The predicted molar refractivity (Wildman–Crippen MR) is 76.8 cm³/mol. The van der Waals surface area contributed by atoms with Crippen molar-refractivity contribution in [2.45, 2.75) is 82.8 Å². The normalized spacial score (nSPS) is 41.8. The SMILES string of the molecule is CCNC1CCCC(N2CCC3CCCCC32)C1. The highest BCUT2D eigenvalue weighted by atomic mass is 15.2. The first-order valence-electron chi connectivity index (χ1n) is 8.37. The van der Waals surface area contributed by atoms with Gasteiger partial charge in [0.25, 0.3) is 0 Å². The van der Waals surface area contributed by atoms with Gasteiger partial charge in [-0.25, -0.2) is 0 Å². The molecule has 4 unspecified atom stereocenters. The molecule has 1 heterocycles. The van der Waals surface area contributed by atoms with Crippen molar-refractivity contribution in [3.63, 3.8) is 0 Å². The summed E-state index contributed by atoms with van der Waals surface area (Å²) in [6, 6.07) is 2.66. The Kier molecular flexibility index (Phi) is 4.25. The fourth-order valence-electron chi connectivity index (χ4n) is 4.83. The van der Waals surface area contributed by atoms with Crippen LogP contribution in [0.5, 0.6) is 0 Å². The van der Waals surface area contributed by atoms with Gasteiger partial charge in [-0.2, -0.15) is 0 Å².